The van der Waals surface area contributed by atoms with Crippen molar-refractivity contribution in [3.63, 3.8) is 0 Å². The van der Waals surface area contributed by atoms with E-state index in [9.17, 15) is 14.0 Å². The number of hydrogen-bond acceptors (Lipinski definition) is 7. The van der Waals surface area contributed by atoms with E-state index in [1.54, 1.807) is 35.5 Å². The van der Waals surface area contributed by atoms with Crippen molar-refractivity contribution in [2.45, 2.75) is 66.7 Å². The summed E-state index contributed by atoms with van der Waals surface area (Å²) >= 11 is 0. The molecule has 0 saturated carbocycles. The molecule has 9 nitrogen and oxygen atoms in total. The van der Waals surface area contributed by atoms with Gasteiger partial charge in [0.2, 0.25) is 5.89 Å². The van der Waals surface area contributed by atoms with Gasteiger partial charge in [0, 0.05) is 37.1 Å². The Morgan fingerprint density at radius 1 is 1.12 bits per heavy atom. The Morgan fingerprint density at radius 2 is 1.90 bits per heavy atom. The number of imidazole rings is 1. The molecule has 1 fully saturated rings. The smallest absolute Gasteiger partial charge is 0.311 e. The summed E-state index contributed by atoms with van der Waals surface area (Å²) in [6, 6.07) is 6.99. The molecule has 4 aromatic rings. The van der Waals surface area contributed by atoms with Crippen LogP contribution in [0.1, 0.15) is 91.1 Å². The number of nitrogens with zero attached hydrogens (tertiary/aromatic N) is 6. The molecule has 4 heterocycles. The van der Waals surface area contributed by atoms with Crippen molar-refractivity contribution >= 4 is 17.3 Å². The third kappa shape index (κ3) is 5.26. The molecule has 0 radical (unpaired) electrons. The average Bonchev–Trinajstić information content (AvgIpc) is 3.53. The minimum Gasteiger partial charge on any atom is -0.417 e. The Kier molecular flexibility index (Phi) is 7.29. The lowest BCUT2D eigenvalue weighted by atomic mass is 9.72. The number of aryl methyl sites for hydroxylation is 2. The van der Waals surface area contributed by atoms with Crippen LogP contribution in [0.5, 0.6) is 0 Å². The molecule has 5 rings (SSSR count). The molecule has 3 aromatic heterocycles. The molecule has 1 unspecified atom stereocenters. The van der Waals surface area contributed by atoms with E-state index >= 15 is 0 Å². The van der Waals surface area contributed by atoms with Gasteiger partial charge < -0.3 is 9.32 Å². The van der Waals surface area contributed by atoms with E-state index in [0.717, 1.165) is 18.4 Å². The number of ketones is 1. The topological polar surface area (TPSA) is 106 Å². The van der Waals surface area contributed by atoms with E-state index in [1.807, 2.05) is 26.0 Å². The fourth-order valence-corrected chi connectivity index (χ4v) is 5.52. The third-order valence-corrected chi connectivity index (χ3v) is 7.82. The molecule has 1 amide bonds. The summed E-state index contributed by atoms with van der Waals surface area (Å²) in [6.07, 6.45) is 3.92. The van der Waals surface area contributed by atoms with Gasteiger partial charge in [0.15, 0.2) is 11.4 Å². The summed E-state index contributed by atoms with van der Waals surface area (Å²) in [7, 11) is 0. The van der Waals surface area contributed by atoms with Crippen LogP contribution in [0, 0.1) is 31.0 Å². The Labute approximate surface area is 232 Å². The van der Waals surface area contributed by atoms with Crippen molar-refractivity contribution in [1.82, 2.24) is 29.7 Å². The van der Waals surface area contributed by atoms with E-state index in [2.05, 4.69) is 24.0 Å². The second kappa shape index (κ2) is 10.6. The summed E-state index contributed by atoms with van der Waals surface area (Å²) in [5, 5.41) is 12.4. The van der Waals surface area contributed by atoms with Crippen molar-refractivity contribution in [2.75, 3.05) is 13.1 Å². The van der Waals surface area contributed by atoms with Gasteiger partial charge in [-0.15, -0.1) is 10.2 Å². The maximum Gasteiger partial charge on any atom is 0.311 e. The highest BCUT2D eigenvalue weighted by Crippen LogP contribution is 2.37. The van der Waals surface area contributed by atoms with Gasteiger partial charge in [0.05, 0.1) is 11.9 Å². The fourth-order valence-electron chi connectivity index (χ4n) is 5.52. The first-order valence-electron chi connectivity index (χ1n) is 13.7. The molecule has 0 N–H and O–H groups in total. The van der Waals surface area contributed by atoms with Crippen LogP contribution in [0.4, 0.5) is 4.39 Å². The summed E-state index contributed by atoms with van der Waals surface area (Å²) in [6.45, 7) is 12.4. The predicted molar refractivity (Wildman–Crippen MR) is 148 cm³/mol. The first kappa shape index (κ1) is 27.6. The van der Waals surface area contributed by atoms with Crippen molar-refractivity contribution in [3.05, 3.63) is 64.9 Å². The maximum atomic E-state index is 14.3. The average molecular weight is 547 g/mol. The Balaban J connectivity index is 1.48. The number of amides is 1. The summed E-state index contributed by atoms with van der Waals surface area (Å²) in [5.41, 5.74) is 3.19. The lowest BCUT2D eigenvalue weighted by Crippen LogP contribution is -2.46. The second-order valence-electron chi connectivity index (χ2n) is 11.8. The third-order valence-electron chi connectivity index (χ3n) is 7.82. The van der Waals surface area contributed by atoms with E-state index in [4.69, 9.17) is 14.5 Å². The van der Waals surface area contributed by atoms with E-state index < -0.39 is 5.41 Å². The van der Waals surface area contributed by atoms with Crippen molar-refractivity contribution in [2.24, 2.45) is 11.3 Å². The Hall–Kier alpha value is -3.95. The van der Waals surface area contributed by atoms with Crippen LogP contribution in [0.2, 0.25) is 0 Å². The molecule has 0 bridgehead atoms. The summed E-state index contributed by atoms with van der Waals surface area (Å²) in [4.78, 5) is 33.6. The predicted octanol–water partition coefficient (Wildman–Crippen LogP) is 5.81. The number of benzene rings is 1. The molecule has 10 heteroatoms. The number of aromatic nitrogens is 5. The van der Waals surface area contributed by atoms with Gasteiger partial charge in [0.25, 0.3) is 0 Å². The molecule has 0 spiro atoms. The van der Waals surface area contributed by atoms with Gasteiger partial charge >= 0.3 is 11.8 Å². The molecule has 1 atom stereocenters. The monoisotopic (exact) mass is 546 g/mol. The van der Waals surface area contributed by atoms with Gasteiger partial charge in [-0.1, -0.05) is 46.2 Å². The number of carbonyl (C=O) groups excluding carboxylic acids is 2. The van der Waals surface area contributed by atoms with Crippen LogP contribution in [0.15, 0.2) is 34.9 Å². The first-order chi connectivity index (χ1) is 18.9. The van der Waals surface area contributed by atoms with E-state index in [1.165, 1.54) is 6.07 Å². The number of carbonyl (C=O) groups is 2. The molecule has 1 saturated heterocycles. The zero-order valence-corrected chi connectivity index (χ0v) is 23.9. The molecule has 1 aliphatic rings. The highest BCUT2D eigenvalue weighted by molar-refractivity contribution is 5.97. The van der Waals surface area contributed by atoms with Crippen LogP contribution < -0.4 is 0 Å². The zero-order valence-electron chi connectivity index (χ0n) is 23.9. The normalized spacial score (nSPS) is 17.7. The first-order valence-corrected chi connectivity index (χ1v) is 13.7. The highest BCUT2D eigenvalue weighted by Gasteiger charge is 2.40. The Morgan fingerprint density at radius 3 is 2.58 bits per heavy atom. The van der Waals surface area contributed by atoms with Crippen LogP contribution in [-0.4, -0.2) is 54.5 Å². The van der Waals surface area contributed by atoms with Gasteiger partial charge in [0.1, 0.15) is 11.5 Å². The van der Waals surface area contributed by atoms with Gasteiger partial charge in [-0.25, -0.2) is 13.9 Å². The highest BCUT2D eigenvalue weighted by atomic mass is 19.1. The largest absolute Gasteiger partial charge is 0.417 e. The number of likely N-dealkylation sites (tertiary alicyclic amines) is 1. The van der Waals surface area contributed by atoms with Crippen LogP contribution in [-0.2, 0) is 0 Å². The summed E-state index contributed by atoms with van der Waals surface area (Å²) < 4.78 is 21.4. The quantitative estimate of drug-likeness (QED) is 0.291. The molecule has 210 valence electrons. The number of rotatable bonds is 5. The standard InChI is InChI=1S/C30H35FN6O3/c1-17(2)21-14-24(20-11-10-18(3)23(31)13-20)35-37-15-25(32-27(21)37)26(38)22-9-7-8-12-36(16-30(22,5)6)29(39)28-34-33-19(4)40-28/h10-11,13-15,17,22H,7-9,12,16H2,1-6H3. The summed E-state index contributed by atoms with van der Waals surface area (Å²) in [5.74, 6) is -0.633. The lowest BCUT2D eigenvalue weighted by Gasteiger charge is -2.39. The Bertz CT molecular complexity index is 1590. The zero-order chi connectivity index (χ0) is 28.8. The van der Waals surface area contributed by atoms with Gasteiger partial charge in [-0.2, -0.15) is 5.10 Å². The van der Waals surface area contributed by atoms with Crippen molar-refractivity contribution in [1.29, 1.82) is 0 Å². The van der Waals surface area contributed by atoms with Gasteiger partial charge in [-0.3, -0.25) is 9.59 Å². The molecule has 1 aromatic carbocycles. The number of Topliss-reactive ketones (excluding diaryl/α,β-unsaturated/α-hetero) is 1. The van der Waals surface area contributed by atoms with Crippen LogP contribution >= 0.6 is 0 Å². The molecular weight excluding hydrogens is 511 g/mol. The van der Waals surface area contributed by atoms with Gasteiger partial charge in [-0.05, 0) is 48.8 Å². The van der Waals surface area contributed by atoms with Crippen LogP contribution in [0.25, 0.3) is 16.9 Å². The molecule has 0 aliphatic carbocycles. The molecule has 40 heavy (non-hydrogen) atoms. The van der Waals surface area contributed by atoms with Crippen molar-refractivity contribution in [3.8, 4) is 11.3 Å². The number of fused-ring (bicyclic) bond motifs is 1. The SMILES string of the molecule is Cc1nnc(C(=O)N2CCCCC(C(=O)c3cn4nc(-c5ccc(C)c(F)c5)cc(C(C)C)c4n3)C(C)(C)C2)o1. The lowest BCUT2D eigenvalue weighted by molar-refractivity contribution is 0.0462. The number of halogens is 1. The fraction of sp³-hybridized carbons (Fsp3) is 0.467. The maximum absolute atomic E-state index is 14.3. The minimum absolute atomic E-state index is 0.0337. The van der Waals surface area contributed by atoms with E-state index in [-0.39, 0.29) is 35.2 Å². The molecule has 1 aliphatic heterocycles. The number of hydrogen-bond donors (Lipinski definition) is 0. The second-order valence-corrected chi connectivity index (χ2v) is 11.8. The van der Waals surface area contributed by atoms with Crippen LogP contribution in [0.3, 0.4) is 0 Å². The molecular formula is C30H35FN6O3. The minimum atomic E-state index is -0.531. The van der Waals surface area contributed by atoms with Crippen molar-refractivity contribution < 1.29 is 18.4 Å². The van der Waals surface area contributed by atoms with E-state index in [0.29, 0.717) is 53.6 Å².